The summed E-state index contributed by atoms with van der Waals surface area (Å²) < 4.78 is 14.1. The number of pyridine rings is 1. The van der Waals surface area contributed by atoms with Gasteiger partial charge in [0.15, 0.2) is 0 Å². The molecule has 0 saturated carbocycles. The summed E-state index contributed by atoms with van der Waals surface area (Å²) in [6, 6.07) is 4.47. The van der Waals surface area contributed by atoms with Crippen molar-refractivity contribution in [3.8, 4) is 0 Å². The number of halogens is 1. The van der Waals surface area contributed by atoms with Crippen molar-refractivity contribution in [2.45, 2.75) is 12.5 Å². The van der Waals surface area contributed by atoms with Gasteiger partial charge in [0.25, 0.3) is 0 Å². The molecule has 8 N–H and O–H groups in total. The van der Waals surface area contributed by atoms with E-state index in [1.165, 1.54) is 18.3 Å². The van der Waals surface area contributed by atoms with Crippen LogP contribution in [0.4, 0.5) is 4.39 Å². The van der Waals surface area contributed by atoms with E-state index < -0.39 is 5.82 Å². The number of H-pyrrole nitrogens is 1. The van der Waals surface area contributed by atoms with Crippen LogP contribution >= 0.6 is 0 Å². The highest BCUT2D eigenvalue weighted by atomic mass is 19.1. The first kappa shape index (κ1) is 20.8. The molecule has 0 radical (unpaired) electrons. The highest BCUT2D eigenvalue weighted by molar-refractivity contribution is 5.52. The van der Waals surface area contributed by atoms with Crippen LogP contribution in [0.2, 0.25) is 0 Å². The normalized spacial score (nSPS) is 17.3. The van der Waals surface area contributed by atoms with Crippen LogP contribution in [-0.4, -0.2) is 28.5 Å². The molecule has 0 saturated heterocycles. The lowest BCUT2D eigenvalue weighted by atomic mass is 9.95. The maximum absolute atomic E-state index is 14.1. The summed E-state index contributed by atoms with van der Waals surface area (Å²) in [7, 11) is 1.73. The molecule has 7 nitrogen and oxygen atoms in total. The Morgan fingerprint density at radius 3 is 2.87 bits per heavy atom. The standard InChI is InChI=1S/C22H26FN7/c1-3-18(27-2)16(24)6-7-21(26)30-12-9-19-14(8-11-29-19)22(30)17(25)13-20-15(23)5-4-10-28-20/h4-8,10-11,13,22,27,29H,1,9,12,24-26H2,2H3/b16-6-,17-13-,21-7+/t22-/m0/s1. The van der Waals surface area contributed by atoms with Crippen LogP contribution in [0, 0.1) is 5.82 Å². The van der Waals surface area contributed by atoms with E-state index in [0.717, 1.165) is 17.7 Å². The molecule has 2 aromatic heterocycles. The van der Waals surface area contributed by atoms with Gasteiger partial charge >= 0.3 is 0 Å². The monoisotopic (exact) mass is 407 g/mol. The van der Waals surface area contributed by atoms with Crippen LogP contribution in [0.25, 0.3) is 6.08 Å². The molecule has 8 heteroatoms. The van der Waals surface area contributed by atoms with Crippen molar-refractivity contribution in [1.82, 2.24) is 20.2 Å². The van der Waals surface area contributed by atoms with Crippen molar-refractivity contribution in [2.75, 3.05) is 13.6 Å². The van der Waals surface area contributed by atoms with Gasteiger partial charge in [0.05, 0.1) is 23.3 Å². The Balaban J connectivity index is 1.99. The number of likely N-dealkylation sites (N-methyl/N-ethyl adjacent to an activating group) is 1. The van der Waals surface area contributed by atoms with Crippen molar-refractivity contribution in [1.29, 1.82) is 0 Å². The van der Waals surface area contributed by atoms with E-state index in [-0.39, 0.29) is 11.7 Å². The van der Waals surface area contributed by atoms with Crippen molar-refractivity contribution in [3.05, 3.63) is 101 Å². The zero-order valence-electron chi connectivity index (χ0n) is 16.8. The molecule has 0 fully saturated rings. The number of hydrogen-bond acceptors (Lipinski definition) is 6. The molecule has 30 heavy (non-hydrogen) atoms. The van der Waals surface area contributed by atoms with E-state index in [1.54, 1.807) is 25.3 Å². The largest absolute Gasteiger partial charge is 0.400 e. The number of nitrogens with two attached hydrogens (primary N) is 3. The summed E-state index contributed by atoms with van der Waals surface area (Å²) in [5, 5.41) is 2.91. The third-order valence-corrected chi connectivity index (χ3v) is 4.96. The molecule has 1 aliphatic rings. The highest BCUT2D eigenvalue weighted by Crippen LogP contribution is 2.35. The minimum absolute atomic E-state index is 0.180. The average Bonchev–Trinajstić information content (AvgIpc) is 3.22. The van der Waals surface area contributed by atoms with Gasteiger partial charge in [0.2, 0.25) is 0 Å². The summed E-state index contributed by atoms with van der Waals surface area (Å²) in [5.74, 6) is 0.0410. The zero-order chi connectivity index (χ0) is 21.7. The Kier molecular flexibility index (Phi) is 6.29. The second-order valence-corrected chi connectivity index (χ2v) is 6.79. The number of fused-ring (bicyclic) bond motifs is 1. The quantitative estimate of drug-likeness (QED) is 0.369. The topological polar surface area (TPSA) is 122 Å². The van der Waals surface area contributed by atoms with Crippen molar-refractivity contribution >= 4 is 6.08 Å². The summed E-state index contributed by atoms with van der Waals surface area (Å²) >= 11 is 0. The fourth-order valence-corrected chi connectivity index (χ4v) is 3.49. The minimum Gasteiger partial charge on any atom is -0.400 e. The lowest BCUT2D eigenvalue weighted by Gasteiger charge is -2.38. The van der Waals surface area contributed by atoms with Gasteiger partial charge in [-0.1, -0.05) is 6.58 Å². The highest BCUT2D eigenvalue weighted by Gasteiger charge is 2.30. The first-order valence-corrected chi connectivity index (χ1v) is 9.47. The van der Waals surface area contributed by atoms with Gasteiger partial charge in [0.1, 0.15) is 11.5 Å². The number of aromatic amines is 1. The lowest BCUT2D eigenvalue weighted by Crippen LogP contribution is -2.39. The molecule has 2 aromatic rings. The second kappa shape index (κ2) is 9.07. The molecule has 0 aliphatic carbocycles. The predicted octanol–water partition coefficient (Wildman–Crippen LogP) is 1.98. The molecule has 0 amide bonds. The molecular weight excluding hydrogens is 381 g/mol. The molecule has 1 aliphatic heterocycles. The van der Waals surface area contributed by atoms with Gasteiger partial charge in [0, 0.05) is 49.4 Å². The predicted molar refractivity (Wildman–Crippen MR) is 117 cm³/mol. The minimum atomic E-state index is -0.438. The van der Waals surface area contributed by atoms with Gasteiger partial charge in [-0.2, -0.15) is 0 Å². The number of nitrogens with one attached hydrogen (secondary N) is 2. The van der Waals surface area contributed by atoms with E-state index in [0.29, 0.717) is 29.5 Å². The molecule has 3 heterocycles. The molecule has 0 spiro atoms. The fourth-order valence-electron chi connectivity index (χ4n) is 3.49. The lowest BCUT2D eigenvalue weighted by molar-refractivity contribution is 0.266. The summed E-state index contributed by atoms with van der Waals surface area (Å²) in [4.78, 5) is 9.27. The summed E-state index contributed by atoms with van der Waals surface area (Å²) in [6.45, 7) is 4.23. The maximum Gasteiger partial charge on any atom is 0.148 e. The fraction of sp³-hybridized carbons (Fsp3) is 0.182. The molecule has 3 rings (SSSR count). The Morgan fingerprint density at radius 1 is 1.37 bits per heavy atom. The molecule has 156 valence electrons. The van der Waals surface area contributed by atoms with Gasteiger partial charge in [-0.25, -0.2) is 4.39 Å². The van der Waals surface area contributed by atoms with Gasteiger partial charge in [-0.05, 0) is 36.4 Å². The SMILES string of the molecule is C=C=C(NC)/C(N)=C/C=C(\N)N1CCc2[nH]ccc2[C@H]1/C(N)=C/c1ncccc1F. The Labute approximate surface area is 175 Å². The van der Waals surface area contributed by atoms with E-state index in [2.05, 4.69) is 27.6 Å². The number of allylic oxidation sites excluding steroid dienone is 2. The molecule has 0 aromatic carbocycles. The molecule has 0 unspecified atom stereocenters. The van der Waals surface area contributed by atoms with E-state index in [4.69, 9.17) is 17.2 Å². The zero-order valence-corrected chi connectivity index (χ0v) is 16.8. The van der Waals surface area contributed by atoms with E-state index >= 15 is 0 Å². The number of nitrogens with zero attached hydrogens (tertiary/aromatic N) is 2. The van der Waals surface area contributed by atoms with Crippen LogP contribution < -0.4 is 22.5 Å². The summed E-state index contributed by atoms with van der Waals surface area (Å²) in [5.41, 5.74) is 25.3. The van der Waals surface area contributed by atoms with E-state index in [9.17, 15) is 4.39 Å². The van der Waals surface area contributed by atoms with Crippen molar-refractivity contribution < 1.29 is 4.39 Å². The Hall–Kier alpha value is -3.90. The van der Waals surface area contributed by atoms with Gasteiger partial charge in [-0.3, -0.25) is 4.98 Å². The Morgan fingerprint density at radius 2 is 2.17 bits per heavy atom. The number of aromatic nitrogens is 2. The van der Waals surface area contributed by atoms with Crippen LogP contribution in [0.15, 0.2) is 78.0 Å². The van der Waals surface area contributed by atoms with Gasteiger partial charge < -0.3 is 32.4 Å². The number of rotatable bonds is 6. The second-order valence-electron chi connectivity index (χ2n) is 6.79. The third kappa shape index (κ3) is 4.24. The van der Waals surface area contributed by atoms with Crippen LogP contribution in [0.3, 0.4) is 0 Å². The van der Waals surface area contributed by atoms with Crippen molar-refractivity contribution in [2.24, 2.45) is 17.2 Å². The molecule has 1 atom stereocenters. The molecular formula is C22H26FN7. The third-order valence-electron chi connectivity index (χ3n) is 4.96. The van der Waals surface area contributed by atoms with Crippen LogP contribution in [0.5, 0.6) is 0 Å². The summed E-state index contributed by atoms with van der Waals surface area (Å²) in [6.07, 6.45) is 9.10. The smallest absolute Gasteiger partial charge is 0.148 e. The van der Waals surface area contributed by atoms with Gasteiger partial charge in [-0.15, -0.1) is 5.73 Å². The molecule has 0 bridgehead atoms. The number of hydrogen-bond donors (Lipinski definition) is 5. The maximum atomic E-state index is 14.1. The average molecular weight is 407 g/mol. The first-order chi connectivity index (χ1) is 14.5. The van der Waals surface area contributed by atoms with Crippen molar-refractivity contribution in [3.63, 3.8) is 0 Å². The van der Waals surface area contributed by atoms with E-state index in [1.807, 2.05) is 17.2 Å². The Bertz CT molecular complexity index is 1060. The van der Waals surface area contributed by atoms with Crippen LogP contribution in [-0.2, 0) is 6.42 Å². The first-order valence-electron chi connectivity index (χ1n) is 9.47. The van der Waals surface area contributed by atoms with Crippen LogP contribution in [0.1, 0.15) is 23.0 Å².